The summed E-state index contributed by atoms with van der Waals surface area (Å²) < 4.78 is 5.15. The molecule has 116 valence electrons. The van der Waals surface area contributed by atoms with E-state index >= 15 is 0 Å². The number of rotatable bonds is 11. The highest BCUT2D eigenvalue weighted by Crippen LogP contribution is 2.23. The molecule has 0 saturated carbocycles. The number of allylic oxidation sites excluding steroid dienone is 3. The summed E-state index contributed by atoms with van der Waals surface area (Å²) in [5.41, 5.74) is 0. The molecule has 0 radical (unpaired) electrons. The second kappa shape index (κ2) is 10.9. The number of hydrogen-bond acceptors (Lipinski definition) is 3. The maximum atomic E-state index is 9.19. The minimum Gasteiger partial charge on any atom is -0.463 e. The Morgan fingerprint density at radius 3 is 2.50 bits per heavy atom. The summed E-state index contributed by atoms with van der Waals surface area (Å²) in [6, 6.07) is 0. The average Bonchev–Trinajstić information content (AvgIpc) is 2.48. The van der Waals surface area contributed by atoms with Crippen LogP contribution in [-0.4, -0.2) is 23.1 Å². The van der Waals surface area contributed by atoms with E-state index in [1.807, 2.05) is 12.2 Å². The number of hydrogen-bond donors (Lipinski definition) is 2. The quantitative estimate of drug-likeness (QED) is 0.446. The lowest BCUT2D eigenvalue weighted by Crippen LogP contribution is -2.16. The molecule has 2 atom stereocenters. The lowest BCUT2D eigenvalue weighted by Gasteiger charge is -2.18. The molecule has 0 heterocycles. The van der Waals surface area contributed by atoms with Crippen LogP contribution >= 0.6 is 0 Å². The second-order valence-electron chi connectivity index (χ2n) is 5.63. The van der Waals surface area contributed by atoms with Gasteiger partial charge in [-0.1, -0.05) is 57.9 Å². The van der Waals surface area contributed by atoms with E-state index in [1.165, 1.54) is 51.4 Å². The van der Waals surface area contributed by atoms with Gasteiger partial charge in [0.15, 0.2) is 0 Å². The maximum absolute atomic E-state index is 9.19. The molecule has 2 unspecified atom stereocenters. The molecule has 0 amide bonds. The first-order valence-corrected chi connectivity index (χ1v) is 8.10. The number of aliphatic hydroxyl groups is 2. The van der Waals surface area contributed by atoms with E-state index in [4.69, 9.17) is 9.84 Å². The van der Waals surface area contributed by atoms with Gasteiger partial charge in [-0.3, -0.25) is 0 Å². The SMILES string of the molecule is CCCCCCCCCC1C=CC(OC(O)CO)=CC1. The van der Waals surface area contributed by atoms with Crippen molar-refractivity contribution in [2.45, 2.75) is 71.0 Å². The molecule has 3 heteroatoms. The number of aliphatic hydroxyl groups excluding tert-OH is 2. The summed E-state index contributed by atoms with van der Waals surface area (Å²) in [5, 5.41) is 17.9. The van der Waals surface area contributed by atoms with Gasteiger partial charge in [-0.25, -0.2) is 0 Å². The molecule has 0 aliphatic heterocycles. The van der Waals surface area contributed by atoms with Crippen LogP contribution in [-0.2, 0) is 4.74 Å². The third kappa shape index (κ3) is 7.71. The zero-order valence-corrected chi connectivity index (χ0v) is 12.8. The molecule has 0 aromatic carbocycles. The molecule has 0 aromatic rings. The smallest absolute Gasteiger partial charge is 0.220 e. The Morgan fingerprint density at radius 1 is 1.20 bits per heavy atom. The number of ether oxygens (including phenoxy) is 1. The first-order chi connectivity index (χ1) is 9.76. The third-order valence-electron chi connectivity index (χ3n) is 3.76. The molecule has 1 rings (SSSR count). The van der Waals surface area contributed by atoms with Gasteiger partial charge in [-0.15, -0.1) is 0 Å². The topological polar surface area (TPSA) is 49.7 Å². The molecule has 0 spiro atoms. The van der Waals surface area contributed by atoms with Gasteiger partial charge < -0.3 is 14.9 Å². The van der Waals surface area contributed by atoms with Gasteiger partial charge >= 0.3 is 0 Å². The minimum atomic E-state index is -1.11. The van der Waals surface area contributed by atoms with E-state index in [-0.39, 0.29) is 6.61 Å². The number of unbranched alkanes of at least 4 members (excludes halogenated alkanes) is 6. The van der Waals surface area contributed by atoms with E-state index in [1.54, 1.807) is 0 Å². The molecule has 2 N–H and O–H groups in total. The van der Waals surface area contributed by atoms with Crippen molar-refractivity contribution in [1.29, 1.82) is 0 Å². The van der Waals surface area contributed by atoms with Crippen molar-refractivity contribution in [3.8, 4) is 0 Å². The van der Waals surface area contributed by atoms with Crippen molar-refractivity contribution >= 4 is 0 Å². The molecule has 1 aliphatic carbocycles. The highest BCUT2D eigenvalue weighted by molar-refractivity contribution is 5.18. The zero-order chi connectivity index (χ0) is 14.6. The van der Waals surface area contributed by atoms with Gasteiger partial charge in [0.05, 0.1) is 0 Å². The van der Waals surface area contributed by atoms with E-state index in [0.29, 0.717) is 11.7 Å². The van der Waals surface area contributed by atoms with Crippen molar-refractivity contribution in [1.82, 2.24) is 0 Å². The monoisotopic (exact) mass is 282 g/mol. The Morgan fingerprint density at radius 2 is 1.90 bits per heavy atom. The Labute approximate surface area is 123 Å². The van der Waals surface area contributed by atoms with Crippen molar-refractivity contribution in [3.63, 3.8) is 0 Å². The lowest BCUT2D eigenvalue weighted by molar-refractivity contribution is -0.0919. The van der Waals surface area contributed by atoms with Crippen LogP contribution in [0.15, 0.2) is 24.0 Å². The van der Waals surface area contributed by atoms with Crippen molar-refractivity contribution in [3.05, 3.63) is 24.0 Å². The fourth-order valence-corrected chi connectivity index (χ4v) is 2.50. The predicted molar refractivity (Wildman–Crippen MR) is 82.1 cm³/mol. The van der Waals surface area contributed by atoms with Crippen LogP contribution in [0.2, 0.25) is 0 Å². The maximum Gasteiger partial charge on any atom is 0.220 e. The van der Waals surface area contributed by atoms with E-state index in [0.717, 1.165) is 6.42 Å². The molecule has 0 saturated heterocycles. The van der Waals surface area contributed by atoms with Crippen LogP contribution in [0.3, 0.4) is 0 Å². The molecule has 0 fully saturated rings. The minimum absolute atomic E-state index is 0.368. The summed E-state index contributed by atoms with van der Waals surface area (Å²) >= 11 is 0. The molecule has 0 bridgehead atoms. The normalized spacial score (nSPS) is 19.8. The molecular weight excluding hydrogens is 252 g/mol. The average molecular weight is 282 g/mol. The third-order valence-corrected chi connectivity index (χ3v) is 3.76. The molecular formula is C17H30O3. The Kier molecular flexibility index (Phi) is 9.42. The van der Waals surface area contributed by atoms with Crippen LogP contribution in [0.25, 0.3) is 0 Å². The van der Waals surface area contributed by atoms with Crippen LogP contribution in [0.1, 0.15) is 64.7 Å². The summed E-state index contributed by atoms with van der Waals surface area (Å²) in [6.45, 7) is 1.88. The zero-order valence-electron chi connectivity index (χ0n) is 12.8. The highest BCUT2D eigenvalue weighted by atomic mass is 16.6. The van der Waals surface area contributed by atoms with Crippen LogP contribution in [0.4, 0.5) is 0 Å². The molecule has 1 aliphatic rings. The molecule has 0 aromatic heterocycles. The van der Waals surface area contributed by atoms with Crippen molar-refractivity contribution in [2.75, 3.05) is 6.61 Å². The van der Waals surface area contributed by atoms with Gasteiger partial charge in [-0.2, -0.15) is 0 Å². The highest BCUT2D eigenvalue weighted by Gasteiger charge is 2.11. The Hall–Kier alpha value is -0.800. The Bertz CT molecular complexity index is 297. The van der Waals surface area contributed by atoms with Crippen molar-refractivity contribution in [2.24, 2.45) is 5.92 Å². The first-order valence-electron chi connectivity index (χ1n) is 8.10. The van der Waals surface area contributed by atoms with Crippen molar-refractivity contribution < 1.29 is 14.9 Å². The predicted octanol–water partition coefficient (Wildman–Crippen LogP) is 3.91. The van der Waals surface area contributed by atoms with E-state index in [2.05, 4.69) is 13.0 Å². The van der Waals surface area contributed by atoms with Crippen LogP contribution in [0.5, 0.6) is 0 Å². The van der Waals surface area contributed by atoms with E-state index in [9.17, 15) is 5.11 Å². The van der Waals surface area contributed by atoms with Gasteiger partial charge in [0, 0.05) is 0 Å². The molecule has 3 nitrogen and oxygen atoms in total. The summed E-state index contributed by atoms with van der Waals surface area (Å²) in [4.78, 5) is 0. The van der Waals surface area contributed by atoms with Crippen LogP contribution in [0, 0.1) is 5.92 Å². The molecule has 20 heavy (non-hydrogen) atoms. The van der Waals surface area contributed by atoms with Gasteiger partial charge in [0.25, 0.3) is 0 Å². The van der Waals surface area contributed by atoms with Crippen LogP contribution < -0.4 is 0 Å². The van der Waals surface area contributed by atoms with Gasteiger partial charge in [0.1, 0.15) is 12.4 Å². The second-order valence-corrected chi connectivity index (χ2v) is 5.63. The summed E-state index contributed by atoms with van der Waals surface area (Å²) in [5.74, 6) is 1.27. The first kappa shape index (κ1) is 17.3. The summed E-state index contributed by atoms with van der Waals surface area (Å²) in [6.07, 6.45) is 16.6. The lowest BCUT2D eigenvalue weighted by atomic mass is 9.93. The van der Waals surface area contributed by atoms with Gasteiger partial charge in [0.2, 0.25) is 6.29 Å². The fourth-order valence-electron chi connectivity index (χ4n) is 2.50. The standard InChI is InChI=1S/C17H30O3/c1-2-3-4-5-6-7-8-9-15-10-12-16(13-11-15)20-17(19)14-18/h10,12-13,15,17-19H,2-9,11,14H2,1H3. The van der Waals surface area contributed by atoms with E-state index < -0.39 is 6.29 Å². The largest absolute Gasteiger partial charge is 0.463 e. The fraction of sp³-hybridized carbons (Fsp3) is 0.765. The Balaban J connectivity index is 2.03. The summed E-state index contributed by atoms with van der Waals surface area (Å²) in [7, 11) is 0. The van der Waals surface area contributed by atoms with Gasteiger partial charge in [-0.05, 0) is 30.9 Å².